The van der Waals surface area contributed by atoms with Gasteiger partial charge in [-0.05, 0) is 36.8 Å². The van der Waals surface area contributed by atoms with Crippen LogP contribution in [0.25, 0.3) is 0 Å². The van der Waals surface area contributed by atoms with Gasteiger partial charge in [-0.3, -0.25) is 9.59 Å². The van der Waals surface area contributed by atoms with E-state index in [0.717, 1.165) is 36.9 Å². The SMILES string of the molecule is Cc1ccccc1NC(=O)CC1(CC(=O)N(C)C)CCCC1. The van der Waals surface area contributed by atoms with Crippen molar-refractivity contribution in [1.29, 1.82) is 0 Å². The number of hydrogen-bond donors (Lipinski definition) is 1. The molecule has 2 amide bonds. The van der Waals surface area contributed by atoms with E-state index in [4.69, 9.17) is 0 Å². The third-order valence-electron chi connectivity index (χ3n) is 4.64. The number of nitrogens with one attached hydrogen (secondary N) is 1. The van der Waals surface area contributed by atoms with Crippen LogP contribution in [0.1, 0.15) is 44.1 Å². The highest BCUT2D eigenvalue weighted by molar-refractivity contribution is 5.92. The molecule has 0 bridgehead atoms. The average Bonchev–Trinajstić information content (AvgIpc) is 2.89. The van der Waals surface area contributed by atoms with Gasteiger partial charge in [0.15, 0.2) is 0 Å². The molecule has 0 atom stereocenters. The number of aryl methyl sites for hydroxylation is 1. The fraction of sp³-hybridized carbons (Fsp3) is 0.556. The predicted octanol–water partition coefficient (Wildman–Crippen LogP) is 3.36. The minimum atomic E-state index is -0.159. The summed E-state index contributed by atoms with van der Waals surface area (Å²) in [4.78, 5) is 26.2. The van der Waals surface area contributed by atoms with Gasteiger partial charge < -0.3 is 10.2 Å². The number of nitrogens with zero attached hydrogens (tertiary/aromatic N) is 1. The largest absolute Gasteiger partial charge is 0.349 e. The summed E-state index contributed by atoms with van der Waals surface area (Å²) in [6, 6.07) is 7.78. The summed E-state index contributed by atoms with van der Waals surface area (Å²) in [7, 11) is 3.55. The molecule has 0 radical (unpaired) electrons. The molecule has 0 aromatic heterocycles. The lowest BCUT2D eigenvalue weighted by atomic mass is 9.78. The highest BCUT2D eigenvalue weighted by atomic mass is 16.2. The molecular formula is C18H26N2O2. The van der Waals surface area contributed by atoms with Crippen LogP contribution in [0.3, 0.4) is 0 Å². The molecule has 1 aliphatic carbocycles. The number of hydrogen-bond acceptors (Lipinski definition) is 2. The van der Waals surface area contributed by atoms with Crippen molar-refractivity contribution in [3.8, 4) is 0 Å². The van der Waals surface area contributed by atoms with Gasteiger partial charge in [-0.25, -0.2) is 0 Å². The zero-order valence-electron chi connectivity index (χ0n) is 13.8. The number of benzene rings is 1. The first-order valence-corrected chi connectivity index (χ1v) is 7.97. The second kappa shape index (κ2) is 6.95. The lowest BCUT2D eigenvalue weighted by Gasteiger charge is -2.29. The Kier molecular flexibility index (Phi) is 5.22. The summed E-state index contributed by atoms with van der Waals surface area (Å²) in [6.45, 7) is 1.98. The fourth-order valence-corrected chi connectivity index (χ4v) is 3.27. The average molecular weight is 302 g/mol. The van der Waals surface area contributed by atoms with Crippen molar-refractivity contribution in [3.05, 3.63) is 29.8 Å². The summed E-state index contributed by atoms with van der Waals surface area (Å²) in [5, 5.41) is 3.00. The summed E-state index contributed by atoms with van der Waals surface area (Å²) in [6.07, 6.45) is 5.06. The predicted molar refractivity (Wildman–Crippen MR) is 88.6 cm³/mol. The summed E-state index contributed by atoms with van der Waals surface area (Å²) >= 11 is 0. The van der Waals surface area contributed by atoms with Gasteiger partial charge in [0.25, 0.3) is 0 Å². The van der Waals surface area contributed by atoms with Crippen molar-refractivity contribution in [2.75, 3.05) is 19.4 Å². The molecule has 1 N–H and O–H groups in total. The minimum absolute atomic E-state index is 0.0164. The first kappa shape index (κ1) is 16.5. The molecule has 1 aromatic carbocycles. The molecule has 4 nitrogen and oxygen atoms in total. The first-order chi connectivity index (χ1) is 10.4. The number of amides is 2. The third-order valence-corrected chi connectivity index (χ3v) is 4.64. The number of carbonyl (C=O) groups excluding carboxylic acids is 2. The van der Waals surface area contributed by atoms with Crippen molar-refractivity contribution in [1.82, 2.24) is 4.90 Å². The van der Waals surface area contributed by atoms with Crippen LogP contribution in [0, 0.1) is 12.3 Å². The lowest BCUT2D eigenvalue weighted by molar-refractivity contribution is -0.131. The Morgan fingerprint density at radius 3 is 2.36 bits per heavy atom. The number of anilines is 1. The van der Waals surface area contributed by atoms with E-state index in [-0.39, 0.29) is 17.2 Å². The highest BCUT2D eigenvalue weighted by Crippen LogP contribution is 2.44. The Labute approximate surface area is 132 Å². The van der Waals surface area contributed by atoms with Crippen molar-refractivity contribution in [2.45, 2.75) is 45.4 Å². The van der Waals surface area contributed by atoms with Gasteiger partial charge in [-0.15, -0.1) is 0 Å². The van der Waals surface area contributed by atoms with Crippen LogP contribution in [-0.2, 0) is 9.59 Å². The molecule has 1 aromatic rings. The van der Waals surface area contributed by atoms with E-state index < -0.39 is 0 Å². The molecular weight excluding hydrogens is 276 g/mol. The molecule has 22 heavy (non-hydrogen) atoms. The molecule has 0 heterocycles. The minimum Gasteiger partial charge on any atom is -0.349 e. The van der Waals surface area contributed by atoms with Gasteiger partial charge in [0.1, 0.15) is 0 Å². The molecule has 0 saturated heterocycles. The summed E-state index contributed by atoms with van der Waals surface area (Å²) in [5.41, 5.74) is 1.76. The maximum absolute atomic E-state index is 12.4. The van der Waals surface area contributed by atoms with Gasteiger partial charge in [0.05, 0.1) is 0 Å². The summed E-state index contributed by atoms with van der Waals surface area (Å²) in [5.74, 6) is 0.133. The van der Waals surface area contributed by atoms with Crippen LogP contribution in [0.15, 0.2) is 24.3 Å². The smallest absolute Gasteiger partial charge is 0.224 e. The molecule has 0 spiro atoms. The molecule has 1 fully saturated rings. The van der Waals surface area contributed by atoms with Crippen molar-refractivity contribution >= 4 is 17.5 Å². The van der Waals surface area contributed by atoms with E-state index in [0.29, 0.717) is 12.8 Å². The maximum Gasteiger partial charge on any atom is 0.224 e. The van der Waals surface area contributed by atoms with Crippen molar-refractivity contribution in [2.24, 2.45) is 5.41 Å². The van der Waals surface area contributed by atoms with Crippen LogP contribution < -0.4 is 5.32 Å². The Morgan fingerprint density at radius 2 is 1.77 bits per heavy atom. The van der Waals surface area contributed by atoms with E-state index in [2.05, 4.69) is 5.32 Å². The quantitative estimate of drug-likeness (QED) is 0.906. The monoisotopic (exact) mass is 302 g/mol. The Bertz CT molecular complexity index is 546. The Morgan fingerprint density at radius 1 is 1.14 bits per heavy atom. The standard InChI is InChI=1S/C18H26N2O2/c1-14-8-4-5-9-15(14)19-16(21)12-18(10-6-7-11-18)13-17(22)20(2)3/h4-5,8-9H,6-7,10-13H2,1-3H3,(H,19,21). The number of carbonyl (C=O) groups is 2. The summed E-state index contributed by atoms with van der Waals surface area (Å²) < 4.78 is 0. The Hall–Kier alpha value is -1.84. The van der Waals surface area contributed by atoms with Crippen LogP contribution in [-0.4, -0.2) is 30.8 Å². The van der Waals surface area contributed by atoms with E-state index in [1.54, 1.807) is 19.0 Å². The van der Waals surface area contributed by atoms with E-state index >= 15 is 0 Å². The first-order valence-electron chi connectivity index (χ1n) is 7.97. The topological polar surface area (TPSA) is 49.4 Å². The number of rotatable bonds is 5. The van der Waals surface area contributed by atoms with E-state index in [1.807, 2.05) is 31.2 Å². The molecule has 0 unspecified atom stereocenters. The molecule has 2 rings (SSSR count). The molecule has 120 valence electrons. The van der Waals surface area contributed by atoms with Crippen molar-refractivity contribution < 1.29 is 9.59 Å². The molecule has 0 aliphatic heterocycles. The van der Waals surface area contributed by atoms with E-state index in [1.165, 1.54) is 0 Å². The zero-order chi connectivity index (χ0) is 16.2. The normalized spacial score (nSPS) is 16.3. The van der Waals surface area contributed by atoms with Gasteiger partial charge in [-0.1, -0.05) is 31.0 Å². The van der Waals surface area contributed by atoms with Crippen molar-refractivity contribution in [3.63, 3.8) is 0 Å². The van der Waals surface area contributed by atoms with Crippen LogP contribution in [0.5, 0.6) is 0 Å². The maximum atomic E-state index is 12.4. The van der Waals surface area contributed by atoms with Gasteiger partial charge in [-0.2, -0.15) is 0 Å². The zero-order valence-corrected chi connectivity index (χ0v) is 13.8. The van der Waals surface area contributed by atoms with Crippen LogP contribution in [0.4, 0.5) is 5.69 Å². The lowest BCUT2D eigenvalue weighted by Crippen LogP contribution is -2.32. The van der Waals surface area contributed by atoms with Gasteiger partial charge >= 0.3 is 0 Å². The highest BCUT2D eigenvalue weighted by Gasteiger charge is 2.38. The molecule has 4 heteroatoms. The third kappa shape index (κ3) is 4.09. The van der Waals surface area contributed by atoms with Gasteiger partial charge in [0.2, 0.25) is 11.8 Å². The van der Waals surface area contributed by atoms with Crippen LogP contribution >= 0.6 is 0 Å². The van der Waals surface area contributed by atoms with Crippen LogP contribution in [0.2, 0.25) is 0 Å². The Balaban J connectivity index is 2.03. The molecule has 1 aliphatic rings. The second-order valence-corrected chi connectivity index (χ2v) is 6.71. The van der Waals surface area contributed by atoms with E-state index in [9.17, 15) is 9.59 Å². The fourth-order valence-electron chi connectivity index (χ4n) is 3.27. The molecule has 1 saturated carbocycles. The van der Waals surface area contributed by atoms with Gasteiger partial charge in [0, 0.05) is 32.6 Å². The second-order valence-electron chi connectivity index (χ2n) is 6.71. The number of para-hydroxylation sites is 1.